The molecule has 0 spiro atoms. The Morgan fingerprint density at radius 1 is 1.09 bits per heavy atom. The van der Waals surface area contributed by atoms with Crippen LogP contribution in [-0.4, -0.2) is 30.1 Å². The van der Waals surface area contributed by atoms with Gasteiger partial charge in [-0.15, -0.1) is 0 Å². The summed E-state index contributed by atoms with van der Waals surface area (Å²) in [5.41, 5.74) is 5.85. The third kappa shape index (κ3) is 1.57. The second-order valence-corrected chi connectivity index (χ2v) is 3.98. The number of likely N-dealkylation sites (tertiary alicyclic amines) is 1. The molecular weight excluding hydrogens is 136 g/mol. The van der Waals surface area contributed by atoms with Gasteiger partial charge >= 0.3 is 0 Å². The summed E-state index contributed by atoms with van der Waals surface area (Å²) in [4.78, 5) is 2.59. The van der Waals surface area contributed by atoms with Crippen LogP contribution in [0.25, 0.3) is 0 Å². The van der Waals surface area contributed by atoms with E-state index in [1.54, 1.807) is 0 Å². The van der Waals surface area contributed by atoms with Gasteiger partial charge in [-0.2, -0.15) is 0 Å². The van der Waals surface area contributed by atoms with E-state index in [1.165, 1.54) is 38.6 Å². The Labute approximate surface area is 68.7 Å². The fraction of sp³-hybridized carbons (Fsp3) is 1.00. The molecule has 1 aliphatic carbocycles. The molecule has 0 aromatic carbocycles. The molecule has 1 saturated carbocycles. The van der Waals surface area contributed by atoms with Crippen LogP contribution in [0.2, 0.25) is 0 Å². The first kappa shape index (κ1) is 7.56. The Balaban J connectivity index is 1.85. The monoisotopic (exact) mass is 154 g/mol. The topological polar surface area (TPSA) is 29.3 Å². The molecule has 2 rings (SSSR count). The highest BCUT2D eigenvalue weighted by molar-refractivity contribution is 4.85. The Kier molecular flexibility index (Phi) is 2.14. The van der Waals surface area contributed by atoms with E-state index >= 15 is 0 Å². The molecule has 2 aliphatic rings. The third-order valence-electron chi connectivity index (χ3n) is 3.10. The SMILES string of the molecule is NC1CCN(C2CCCC2)C1. The number of hydrogen-bond donors (Lipinski definition) is 1. The second kappa shape index (κ2) is 3.11. The van der Waals surface area contributed by atoms with Gasteiger partial charge in [0.05, 0.1) is 0 Å². The normalized spacial score (nSPS) is 35.2. The maximum atomic E-state index is 5.85. The lowest BCUT2D eigenvalue weighted by atomic mass is 10.2. The van der Waals surface area contributed by atoms with Gasteiger partial charge in [-0.05, 0) is 19.3 Å². The molecule has 11 heavy (non-hydrogen) atoms. The van der Waals surface area contributed by atoms with Crippen LogP contribution in [-0.2, 0) is 0 Å². The maximum absolute atomic E-state index is 5.85. The van der Waals surface area contributed by atoms with Crippen LogP contribution in [0.4, 0.5) is 0 Å². The van der Waals surface area contributed by atoms with Gasteiger partial charge in [0.25, 0.3) is 0 Å². The molecule has 2 fully saturated rings. The van der Waals surface area contributed by atoms with Crippen LogP contribution in [0, 0.1) is 0 Å². The van der Waals surface area contributed by atoms with Gasteiger partial charge in [0.15, 0.2) is 0 Å². The highest BCUT2D eigenvalue weighted by Gasteiger charge is 2.27. The van der Waals surface area contributed by atoms with Crippen molar-refractivity contribution in [1.29, 1.82) is 0 Å². The number of hydrogen-bond acceptors (Lipinski definition) is 2. The summed E-state index contributed by atoms with van der Waals surface area (Å²) in [6.45, 7) is 2.41. The maximum Gasteiger partial charge on any atom is 0.0180 e. The predicted molar refractivity (Wildman–Crippen MR) is 46.4 cm³/mol. The number of nitrogens with zero attached hydrogens (tertiary/aromatic N) is 1. The van der Waals surface area contributed by atoms with Gasteiger partial charge in [-0.25, -0.2) is 0 Å². The van der Waals surface area contributed by atoms with E-state index in [-0.39, 0.29) is 0 Å². The lowest BCUT2D eigenvalue weighted by Gasteiger charge is -2.22. The zero-order valence-corrected chi connectivity index (χ0v) is 7.13. The molecule has 2 nitrogen and oxygen atoms in total. The molecule has 0 bridgehead atoms. The van der Waals surface area contributed by atoms with Crippen LogP contribution in [0.3, 0.4) is 0 Å². The highest BCUT2D eigenvalue weighted by Crippen LogP contribution is 2.25. The minimum Gasteiger partial charge on any atom is -0.326 e. The second-order valence-electron chi connectivity index (χ2n) is 3.98. The van der Waals surface area contributed by atoms with Crippen molar-refractivity contribution in [3.8, 4) is 0 Å². The van der Waals surface area contributed by atoms with Crippen LogP contribution >= 0.6 is 0 Å². The molecule has 2 N–H and O–H groups in total. The summed E-state index contributed by atoms with van der Waals surface area (Å²) in [7, 11) is 0. The molecule has 2 heteroatoms. The summed E-state index contributed by atoms with van der Waals surface area (Å²) in [5.74, 6) is 0. The number of nitrogens with two attached hydrogens (primary N) is 1. The Hall–Kier alpha value is -0.0800. The molecular formula is C9H18N2. The lowest BCUT2D eigenvalue weighted by molar-refractivity contribution is 0.243. The standard InChI is InChI=1S/C9H18N2/c10-8-5-6-11(7-8)9-3-1-2-4-9/h8-9H,1-7,10H2. The van der Waals surface area contributed by atoms with Crippen molar-refractivity contribution >= 4 is 0 Å². The van der Waals surface area contributed by atoms with Crippen LogP contribution < -0.4 is 5.73 Å². The van der Waals surface area contributed by atoms with Crippen molar-refractivity contribution in [2.75, 3.05) is 13.1 Å². The van der Waals surface area contributed by atoms with Gasteiger partial charge in [0, 0.05) is 25.2 Å². The fourth-order valence-electron chi connectivity index (χ4n) is 2.42. The van der Waals surface area contributed by atoms with Gasteiger partial charge in [0.2, 0.25) is 0 Å². The number of rotatable bonds is 1. The van der Waals surface area contributed by atoms with Gasteiger partial charge in [-0.1, -0.05) is 12.8 Å². The molecule has 0 aromatic heterocycles. The largest absolute Gasteiger partial charge is 0.326 e. The van der Waals surface area contributed by atoms with Crippen molar-refractivity contribution in [3.05, 3.63) is 0 Å². The van der Waals surface area contributed by atoms with E-state index in [2.05, 4.69) is 4.90 Å². The first-order chi connectivity index (χ1) is 5.36. The summed E-state index contributed by atoms with van der Waals surface area (Å²) < 4.78 is 0. The zero-order valence-electron chi connectivity index (χ0n) is 7.13. The minimum absolute atomic E-state index is 0.468. The molecule has 0 aromatic rings. The van der Waals surface area contributed by atoms with Crippen LogP contribution in [0.15, 0.2) is 0 Å². The Morgan fingerprint density at radius 3 is 2.36 bits per heavy atom. The summed E-state index contributed by atoms with van der Waals surface area (Å²) in [5, 5.41) is 0. The molecule has 1 unspecified atom stereocenters. The first-order valence-electron chi connectivity index (χ1n) is 4.86. The third-order valence-corrected chi connectivity index (χ3v) is 3.10. The molecule has 1 saturated heterocycles. The lowest BCUT2D eigenvalue weighted by Crippen LogP contribution is -2.33. The zero-order chi connectivity index (χ0) is 7.68. The molecule has 0 amide bonds. The Bertz CT molecular complexity index is 130. The Morgan fingerprint density at radius 2 is 1.82 bits per heavy atom. The van der Waals surface area contributed by atoms with Gasteiger partial charge in [0.1, 0.15) is 0 Å². The fourth-order valence-corrected chi connectivity index (χ4v) is 2.42. The predicted octanol–water partition coefficient (Wildman–Crippen LogP) is 0.962. The average Bonchev–Trinajstić information content (AvgIpc) is 2.55. The quantitative estimate of drug-likeness (QED) is 0.609. The summed E-state index contributed by atoms with van der Waals surface area (Å²) >= 11 is 0. The summed E-state index contributed by atoms with van der Waals surface area (Å²) in [6.07, 6.45) is 6.95. The highest BCUT2D eigenvalue weighted by atomic mass is 15.2. The van der Waals surface area contributed by atoms with E-state index in [0.717, 1.165) is 12.6 Å². The van der Waals surface area contributed by atoms with Crippen molar-refractivity contribution in [2.24, 2.45) is 5.73 Å². The summed E-state index contributed by atoms with van der Waals surface area (Å²) in [6, 6.07) is 1.36. The molecule has 0 radical (unpaired) electrons. The van der Waals surface area contributed by atoms with Crippen molar-refractivity contribution < 1.29 is 0 Å². The molecule has 1 atom stereocenters. The molecule has 1 heterocycles. The molecule has 1 aliphatic heterocycles. The van der Waals surface area contributed by atoms with Crippen LogP contribution in [0.1, 0.15) is 32.1 Å². The van der Waals surface area contributed by atoms with Crippen molar-refractivity contribution in [1.82, 2.24) is 4.90 Å². The molecule has 64 valence electrons. The van der Waals surface area contributed by atoms with E-state index in [4.69, 9.17) is 5.73 Å². The first-order valence-corrected chi connectivity index (χ1v) is 4.86. The van der Waals surface area contributed by atoms with Gasteiger partial charge < -0.3 is 5.73 Å². The van der Waals surface area contributed by atoms with Crippen molar-refractivity contribution in [3.63, 3.8) is 0 Å². The minimum atomic E-state index is 0.468. The van der Waals surface area contributed by atoms with E-state index in [1.807, 2.05) is 0 Å². The smallest absolute Gasteiger partial charge is 0.0180 e. The van der Waals surface area contributed by atoms with E-state index < -0.39 is 0 Å². The average molecular weight is 154 g/mol. The van der Waals surface area contributed by atoms with Crippen molar-refractivity contribution in [2.45, 2.75) is 44.2 Å². The van der Waals surface area contributed by atoms with Crippen LogP contribution in [0.5, 0.6) is 0 Å². The van der Waals surface area contributed by atoms with Gasteiger partial charge in [-0.3, -0.25) is 4.90 Å². The van der Waals surface area contributed by atoms with E-state index in [9.17, 15) is 0 Å². The van der Waals surface area contributed by atoms with E-state index in [0.29, 0.717) is 6.04 Å².